The van der Waals surface area contributed by atoms with Gasteiger partial charge in [-0.15, -0.1) is 11.8 Å². The first-order valence-corrected chi connectivity index (χ1v) is 8.70. The number of hydrogen-bond acceptors (Lipinski definition) is 5. The molecule has 0 aliphatic carbocycles. The van der Waals surface area contributed by atoms with E-state index in [1.807, 2.05) is 29.4 Å². The van der Waals surface area contributed by atoms with Gasteiger partial charge in [-0.25, -0.2) is 0 Å². The van der Waals surface area contributed by atoms with Gasteiger partial charge in [0.15, 0.2) is 0 Å². The minimum atomic E-state index is -0.650. The molecule has 122 valence electrons. The highest BCUT2D eigenvalue weighted by Crippen LogP contribution is 2.18. The molecule has 1 saturated heterocycles. The number of amides is 2. The minimum Gasteiger partial charge on any atom is -0.345 e. The van der Waals surface area contributed by atoms with Crippen LogP contribution in [-0.4, -0.2) is 48.6 Å². The Hall–Kier alpha value is -2.04. The predicted molar refractivity (Wildman–Crippen MR) is 90.1 cm³/mol. The Morgan fingerprint density at radius 3 is 2.74 bits per heavy atom. The molecule has 1 aliphatic rings. The third-order valence-corrected chi connectivity index (χ3v) is 4.48. The smallest absolute Gasteiger partial charge is 0.313 e. The molecule has 1 aliphatic heterocycles. The maximum Gasteiger partial charge on any atom is 0.313 e. The molecule has 0 saturated carbocycles. The van der Waals surface area contributed by atoms with Gasteiger partial charge in [0, 0.05) is 29.7 Å². The molecule has 1 heterocycles. The van der Waals surface area contributed by atoms with Crippen LogP contribution in [-0.2, 0) is 9.59 Å². The van der Waals surface area contributed by atoms with Gasteiger partial charge in [-0.3, -0.25) is 14.5 Å². The standard InChI is InChI=1S/C16H20N4O2S/c1-23-14-4-2-3-13(11-14)19-16(22)15(21)18-12-5-8-20(9-6-12)10-7-17/h2-4,11-12H,5-6,8-10H2,1H3,(H,18,21)(H,19,22). The number of anilines is 1. The molecule has 2 N–H and O–H groups in total. The first-order chi connectivity index (χ1) is 11.1. The number of likely N-dealkylation sites (tertiary alicyclic amines) is 1. The van der Waals surface area contributed by atoms with Gasteiger partial charge in [-0.05, 0) is 37.3 Å². The van der Waals surface area contributed by atoms with Crippen molar-refractivity contribution in [1.82, 2.24) is 10.2 Å². The molecule has 0 bridgehead atoms. The van der Waals surface area contributed by atoms with E-state index >= 15 is 0 Å². The Morgan fingerprint density at radius 2 is 2.09 bits per heavy atom. The molecular weight excluding hydrogens is 312 g/mol. The number of hydrogen-bond donors (Lipinski definition) is 2. The van der Waals surface area contributed by atoms with Crippen molar-refractivity contribution < 1.29 is 9.59 Å². The Balaban J connectivity index is 1.81. The molecule has 0 aromatic heterocycles. The fourth-order valence-electron chi connectivity index (χ4n) is 2.48. The minimum absolute atomic E-state index is 0.0132. The highest BCUT2D eigenvalue weighted by atomic mass is 32.2. The van der Waals surface area contributed by atoms with E-state index in [1.165, 1.54) is 0 Å². The van der Waals surface area contributed by atoms with Gasteiger partial charge >= 0.3 is 11.8 Å². The van der Waals surface area contributed by atoms with Crippen molar-refractivity contribution in [2.24, 2.45) is 0 Å². The van der Waals surface area contributed by atoms with Crippen LogP contribution in [0.15, 0.2) is 29.2 Å². The maximum atomic E-state index is 12.0. The molecule has 23 heavy (non-hydrogen) atoms. The molecule has 0 spiro atoms. The van der Waals surface area contributed by atoms with E-state index in [2.05, 4.69) is 16.7 Å². The highest BCUT2D eigenvalue weighted by molar-refractivity contribution is 7.98. The van der Waals surface area contributed by atoms with Crippen LogP contribution in [0, 0.1) is 11.3 Å². The number of carbonyl (C=O) groups excluding carboxylic acids is 2. The third kappa shape index (κ3) is 5.27. The lowest BCUT2D eigenvalue weighted by atomic mass is 10.1. The maximum absolute atomic E-state index is 12.0. The van der Waals surface area contributed by atoms with Crippen molar-refractivity contribution in [3.63, 3.8) is 0 Å². The van der Waals surface area contributed by atoms with Crippen LogP contribution < -0.4 is 10.6 Å². The second-order valence-corrected chi connectivity index (χ2v) is 6.25. The van der Waals surface area contributed by atoms with Crippen molar-refractivity contribution in [2.45, 2.75) is 23.8 Å². The molecule has 1 fully saturated rings. The van der Waals surface area contributed by atoms with Crippen molar-refractivity contribution in [3.05, 3.63) is 24.3 Å². The summed E-state index contributed by atoms with van der Waals surface area (Å²) < 4.78 is 0. The largest absolute Gasteiger partial charge is 0.345 e. The van der Waals surface area contributed by atoms with Crippen molar-refractivity contribution in [2.75, 3.05) is 31.2 Å². The Morgan fingerprint density at radius 1 is 1.35 bits per heavy atom. The summed E-state index contributed by atoms with van der Waals surface area (Å²) in [6.45, 7) is 1.93. The van der Waals surface area contributed by atoms with Gasteiger partial charge in [0.2, 0.25) is 0 Å². The fourth-order valence-corrected chi connectivity index (χ4v) is 2.93. The molecular formula is C16H20N4O2S. The SMILES string of the molecule is CSc1cccc(NC(=O)C(=O)NC2CCN(CC#N)CC2)c1. The quantitative estimate of drug-likeness (QED) is 0.495. The van der Waals surface area contributed by atoms with E-state index in [4.69, 9.17) is 5.26 Å². The lowest BCUT2D eigenvalue weighted by Gasteiger charge is -2.30. The summed E-state index contributed by atoms with van der Waals surface area (Å²) in [7, 11) is 0. The first-order valence-electron chi connectivity index (χ1n) is 7.47. The summed E-state index contributed by atoms with van der Waals surface area (Å²) in [5.74, 6) is -1.26. The molecule has 7 heteroatoms. The van der Waals surface area contributed by atoms with Crippen LogP contribution >= 0.6 is 11.8 Å². The second-order valence-electron chi connectivity index (χ2n) is 5.37. The summed E-state index contributed by atoms with van der Waals surface area (Å²) >= 11 is 1.57. The van der Waals surface area contributed by atoms with Crippen molar-refractivity contribution in [3.8, 4) is 6.07 Å². The van der Waals surface area contributed by atoms with Gasteiger partial charge in [0.25, 0.3) is 0 Å². The topological polar surface area (TPSA) is 85.2 Å². The first kappa shape index (κ1) is 17.3. The van der Waals surface area contributed by atoms with Gasteiger partial charge in [0.05, 0.1) is 12.6 Å². The second kappa shape index (κ2) is 8.56. The summed E-state index contributed by atoms with van der Waals surface area (Å²) in [5.41, 5.74) is 0.612. The van der Waals surface area contributed by atoms with Gasteiger partial charge in [-0.1, -0.05) is 6.07 Å². The van der Waals surface area contributed by atoms with E-state index in [0.29, 0.717) is 12.2 Å². The highest BCUT2D eigenvalue weighted by Gasteiger charge is 2.23. The summed E-state index contributed by atoms with van der Waals surface area (Å²) in [5, 5.41) is 14.0. The van der Waals surface area contributed by atoms with Crippen molar-refractivity contribution in [1.29, 1.82) is 5.26 Å². The van der Waals surface area contributed by atoms with Crippen molar-refractivity contribution >= 4 is 29.3 Å². The molecule has 0 atom stereocenters. The van der Waals surface area contributed by atoms with E-state index in [-0.39, 0.29) is 6.04 Å². The average Bonchev–Trinajstić information content (AvgIpc) is 2.57. The van der Waals surface area contributed by atoms with E-state index in [0.717, 1.165) is 30.8 Å². The average molecular weight is 332 g/mol. The predicted octanol–water partition coefficient (Wildman–Crippen LogP) is 1.45. The zero-order valence-electron chi connectivity index (χ0n) is 13.0. The van der Waals surface area contributed by atoms with Crippen LogP contribution in [0.4, 0.5) is 5.69 Å². The van der Waals surface area contributed by atoms with Gasteiger partial charge < -0.3 is 10.6 Å². The summed E-state index contributed by atoms with van der Waals surface area (Å²) in [4.78, 5) is 27.0. The number of thioether (sulfide) groups is 1. The van der Waals surface area contributed by atoms with Crippen LogP contribution in [0.25, 0.3) is 0 Å². The number of piperidine rings is 1. The van der Waals surface area contributed by atoms with E-state index < -0.39 is 11.8 Å². The number of nitriles is 1. The lowest BCUT2D eigenvalue weighted by molar-refractivity contribution is -0.136. The number of rotatable bonds is 4. The number of nitrogens with one attached hydrogen (secondary N) is 2. The molecule has 2 rings (SSSR count). The molecule has 0 unspecified atom stereocenters. The number of carbonyl (C=O) groups is 2. The van der Waals surface area contributed by atoms with Crippen LogP contribution in [0.2, 0.25) is 0 Å². The molecule has 1 aromatic rings. The van der Waals surface area contributed by atoms with Gasteiger partial charge in [0.1, 0.15) is 0 Å². The third-order valence-electron chi connectivity index (χ3n) is 3.75. The normalized spacial score (nSPS) is 15.7. The molecule has 0 radical (unpaired) electrons. The number of nitrogens with zero attached hydrogens (tertiary/aromatic N) is 2. The van der Waals surface area contributed by atoms with Crippen LogP contribution in [0.1, 0.15) is 12.8 Å². The summed E-state index contributed by atoms with van der Waals surface area (Å²) in [6, 6.07) is 9.47. The van der Waals surface area contributed by atoms with Crippen LogP contribution in [0.5, 0.6) is 0 Å². The molecule has 6 nitrogen and oxygen atoms in total. The van der Waals surface area contributed by atoms with Gasteiger partial charge in [-0.2, -0.15) is 5.26 Å². The van der Waals surface area contributed by atoms with E-state index in [9.17, 15) is 9.59 Å². The van der Waals surface area contributed by atoms with E-state index in [1.54, 1.807) is 17.8 Å². The summed E-state index contributed by atoms with van der Waals surface area (Å²) in [6.07, 6.45) is 3.46. The monoisotopic (exact) mass is 332 g/mol. The lowest BCUT2D eigenvalue weighted by Crippen LogP contribution is -2.47. The zero-order chi connectivity index (χ0) is 16.7. The van der Waals surface area contributed by atoms with Crippen LogP contribution in [0.3, 0.4) is 0 Å². The number of benzene rings is 1. The Kier molecular flexibility index (Phi) is 6.44. The zero-order valence-corrected chi connectivity index (χ0v) is 13.9. The fraction of sp³-hybridized carbons (Fsp3) is 0.438. The molecule has 2 amide bonds. The molecule has 1 aromatic carbocycles. The Bertz CT molecular complexity index is 606. The Labute approximate surface area is 140 Å².